The summed E-state index contributed by atoms with van der Waals surface area (Å²) in [7, 11) is -2.34. The lowest BCUT2D eigenvalue weighted by atomic mass is 10.2. The van der Waals surface area contributed by atoms with Crippen molar-refractivity contribution < 1.29 is 13.5 Å². The van der Waals surface area contributed by atoms with Crippen LogP contribution in [0, 0.1) is 11.3 Å². The summed E-state index contributed by atoms with van der Waals surface area (Å²) in [5, 5.41) is 18.2. The van der Waals surface area contributed by atoms with Gasteiger partial charge in [-0.1, -0.05) is 0 Å². The first-order valence-electron chi connectivity index (χ1n) is 5.73. The number of hydrogen-bond acceptors (Lipinski definition) is 5. The Hall–Kier alpha value is -1.62. The summed E-state index contributed by atoms with van der Waals surface area (Å²) in [5.74, 6) is 0. The molecule has 1 rings (SSSR count). The molecule has 3 N–H and O–H groups in total. The minimum absolute atomic E-state index is 0.0175. The molecule has 1 aromatic rings. The molecule has 1 aromatic carbocycles. The van der Waals surface area contributed by atoms with E-state index in [1.54, 1.807) is 6.92 Å². The lowest BCUT2D eigenvalue weighted by Crippen LogP contribution is -2.30. The minimum atomic E-state index is -3.75. The molecule has 0 amide bonds. The number of nitriles is 1. The molecule has 0 aliphatic carbocycles. The molecule has 0 aliphatic rings. The molecule has 0 aliphatic heterocycles. The topological polar surface area (TPSA) is 107 Å². The van der Waals surface area contributed by atoms with E-state index in [-0.39, 0.29) is 17.0 Å². The number of nitrogen functional groups attached to an aromatic ring is 1. The molecule has 1 unspecified atom stereocenters. The van der Waals surface area contributed by atoms with Crippen molar-refractivity contribution >= 4 is 15.7 Å². The predicted octanol–water partition coefficient (Wildman–Crippen LogP) is 0.532. The Morgan fingerprint density at radius 1 is 1.53 bits per heavy atom. The lowest BCUT2D eigenvalue weighted by molar-refractivity contribution is 0.177. The summed E-state index contributed by atoms with van der Waals surface area (Å²) in [6, 6.07) is 5.92. The minimum Gasteiger partial charge on any atom is -0.399 e. The molecular formula is C12H17N3O3S. The van der Waals surface area contributed by atoms with Crippen LogP contribution in [-0.2, 0) is 10.0 Å². The van der Waals surface area contributed by atoms with Crippen LogP contribution in [0.1, 0.15) is 18.9 Å². The molecule has 0 fully saturated rings. The van der Waals surface area contributed by atoms with Crippen LogP contribution in [0.15, 0.2) is 23.1 Å². The van der Waals surface area contributed by atoms with E-state index >= 15 is 0 Å². The molecule has 104 valence electrons. The highest BCUT2D eigenvalue weighted by Crippen LogP contribution is 2.21. The van der Waals surface area contributed by atoms with Gasteiger partial charge in [-0.15, -0.1) is 0 Å². The van der Waals surface area contributed by atoms with Gasteiger partial charge in [-0.25, -0.2) is 12.7 Å². The van der Waals surface area contributed by atoms with Crippen molar-refractivity contribution in [2.75, 3.05) is 19.3 Å². The third-order valence-electron chi connectivity index (χ3n) is 2.67. The van der Waals surface area contributed by atoms with Gasteiger partial charge in [-0.3, -0.25) is 0 Å². The Labute approximate surface area is 113 Å². The van der Waals surface area contributed by atoms with Crippen molar-refractivity contribution in [2.24, 2.45) is 0 Å². The van der Waals surface area contributed by atoms with Gasteiger partial charge >= 0.3 is 0 Å². The third-order valence-corrected chi connectivity index (χ3v) is 4.59. The summed E-state index contributed by atoms with van der Waals surface area (Å²) >= 11 is 0. The standard InChI is InChI=1S/C12H17N3O3S/c1-9(16)5-6-15(2)19(17,18)12-4-3-11(14)7-10(12)8-13/h3-4,7,9,16H,5-6,14H2,1-2H3. The molecule has 0 heterocycles. The molecule has 7 heteroatoms. The van der Waals surface area contributed by atoms with Crippen molar-refractivity contribution in [2.45, 2.75) is 24.3 Å². The van der Waals surface area contributed by atoms with E-state index in [9.17, 15) is 13.5 Å². The maximum absolute atomic E-state index is 12.3. The number of nitrogens with zero attached hydrogens (tertiary/aromatic N) is 2. The van der Waals surface area contributed by atoms with Gasteiger partial charge in [0.15, 0.2) is 0 Å². The molecule has 0 bridgehead atoms. The Bertz CT molecular complexity index is 591. The summed E-state index contributed by atoms with van der Waals surface area (Å²) in [4.78, 5) is -0.0720. The van der Waals surface area contributed by atoms with Gasteiger partial charge in [0, 0.05) is 19.3 Å². The second-order valence-corrected chi connectivity index (χ2v) is 6.34. The average Bonchev–Trinajstić information content (AvgIpc) is 2.35. The maximum Gasteiger partial charge on any atom is 0.244 e. The second-order valence-electron chi connectivity index (χ2n) is 4.33. The smallest absolute Gasteiger partial charge is 0.244 e. The Balaban J connectivity index is 3.10. The van der Waals surface area contributed by atoms with Gasteiger partial charge in [0.1, 0.15) is 11.0 Å². The zero-order valence-electron chi connectivity index (χ0n) is 10.9. The highest BCUT2D eigenvalue weighted by atomic mass is 32.2. The van der Waals surface area contributed by atoms with Crippen LogP contribution in [0.25, 0.3) is 0 Å². The number of aliphatic hydroxyl groups excluding tert-OH is 1. The number of anilines is 1. The van der Waals surface area contributed by atoms with Crippen LogP contribution in [0.5, 0.6) is 0 Å². The first-order chi connectivity index (χ1) is 8.78. The van der Waals surface area contributed by atoms with Crippen molar-refractivity contribution in [3.63, 3.8) is 0 Å². The van der Waals surface area contributed by atoms with E-state index in [1.807, 2.05) is 6.07 Å². The van der Waals surface area contributed by atoms with Crippen LogP contribution < -0.4 is 5.73 Å². The molecule has 0 spiro atoms. The fourth-order valence-electron chi connectivity index (χ4n) is 1.52. The van der Waals surface area contributed by atoms with E-state index in [4.69, 9.17) is 11.0 Å². The van der Waals surface area contributed by atoms with Crippen molar-refractivity contribution in [1.29, 1.82) is 5.26 Å². The molecular weight excluding hydrogens is 266 g/mol. The van der Waals surface area contributed by atoms with E-state index in [0.29, 0.717) is 12.1 Å². The van der Waals surface area contributed by atoms with Crippen LogP contribution >= 0.6 is 0 Å². The van der Waals surface area contributed by atoms with Gasteiger partial charge < -0.3 is 10.8 Å². The normalized spacial score (nSPS) is 13.2. The number of aliphatic hydroxyl groups is 1. The molecule has 0 radical (unpaired) electrons. The van der Waals surface area contributed by atoms with E-state index in [0.717, 1.165) is 4.31 Å². The SMILES string of the molecule is CC(O)CCN(C)S(=O)(=O)c1ccc(N)cc1C#N. The highest BCUT2D eigenvalue weighted by Gasteiger charge is 2.24. The summed E-state index contributed by atoms with van der Waals surface area (Å²) in [6.45, 7) is 1.76. The largest absolute Gasteiger partial charge is 0.399 e. The van der Waals surface area contributed by atoms with E-state index < -0.39 is 16.1 Å². The molecule has 19 heavy (non-hydrogen) atoms. The average molecular weight is 283 g/mol. The van der Waals surface area contributed by atoms with Gasteiger partial charge in [-0.05, 0) is 31.5 Å². The molecule has 6 nitrogen and oxygen atoms in total. The van der Waals surface area contributed by atoms with Crippen molar-refractivity contribution in [3.05, 3.63) is 23.8 Å². The monoisotopic (exact) mass is 283 g/mol. The predicted molar refractivity (Wildman–Crippen MR) is 71.7 cm³/mol. The van der Waals surface area contributed by atoms with Crippen molar-refractivity contribution in [3.8, 4) is 6.07 Å². The Morgan fingerprint density at radius 3 is 2.68 bits per heavy atom. The first-order valence-corrected chi connectivity index (χ1v) is 7.17. The lowest BCUT2D eigenvalue weighted by Gasteiger charge is -2.18. The molecule has 0 saturated carbocycles. The Morgan fingerprint density at radius 2 is 2.16 bits per heavy atom. The zero-order valence-corrected chi connectivity index (χ0v) is 11.7. The van der Waals surface area contributed by atoms with Crippen LogP contribution in [0.3, 0.4) is 0 Å². The zero-order chi connectivity index (χ0) is 14.6. The maximum atomic E-state index is 12.3. The van der Waals surface area contributed by atoms with Gasteiger partial charge in [0.25, 0.3) is 0 Å². The fourth-order valence-corrected chi connectivity index (χ4v) is 2.82. The summed E-state index contributed by atoms with van der Waals surface area (Å²) < 4.78 is 25.7. The van der Waals surface area contributed by atoms with Gasteiger partial charge in [-0.2, -0.15) is 5.26 Å². The van der Waals surface area contributed by atoms with Crippen molar-refractivity contribution in [1.82, 2.24) is 4.31 Å². The first kappa shape index (κ1) is 15.4. The highest BCUT2D eigenvalue weighted by molar-refractivity contribution is 7.89. The molecule has 0 aromatic heterocycles. The van der Waals surface area contributed by atoms with Gasteiger partial charge in [0.05, 0.1) is 11.7 Å². The number of nitrogens with two attached hydrogens (primary N) is 1. The number of hydrogen-bond donors (Lipinski definition) is 2. The van der Waals surface area contributed by atoms with Gasteiger partial charge in [0.2, 0.25) is 10.0 Å². The number of benzene rings is 1. The molecule has 0 saturated heterocycles. The quantitative estimate of drug-likeness (QED) is 0.766. The molecule has 1 atom stereocenters. The van der Waals surface area contributed by atoms with Crippen LogP contribution in [0.4, 0.5) is 5.69 Å². The second kappa shape index (κ2) is 6.02. The van der Waals surface area contributed by atoms with Crippen LogP contribution in [-0.4, -0.2) is 37.5 Å². The fraction of sp³-hybridized carbons (Fsp3) is 0.417. The number of sulfonamides is 1. The Kier molecular flexibility index (Phi) is 4.89. The van der Waals surface area contributed by atoms with Crippen LogP contribution in [0.2, 0.25) is 0 Å². The summed E-state index contributed by atoms with van der Waals surface area (Å²) in [6.07, 6.45) is -0.258. The number of rotatable bonds is 5. The third kappa shape index (κ3) is 3.67. The van der Waals surface area contributed by atoms with E-state index in [1.165, 1.54) is 25.2 Å². The van der Waals surface area contributed by atoms with E-state index in [2.05, 4.69) is 0 Å². The summed E-state index contributed by atoms with van der Waals surface area (Å²) in [5.41, 5.74) is 5.88.